The predicted octanol–water partition coefficient (Wildman–Crippen LogP) is 4.17. The van der Waals surface area contributed by atoms with E-state index in [0.717, 1.165) is 31.7 Å². The number of phenolic OH excluding ortho intramolecular Hbond substituents is 1. The van der Waals surface area contributed by atoms with Crippen LogP contribution >= 0.6 is 0 Å². The van der Waals surface area contributed by atoms with E-state index in [-0.39, 0.29) is 52.6 Å². The highest BCUT2D eigenvalue weighted by Crippen LogP contribution is 2.48. The Balaban J connectivity index is 1.52. The van der Waals surface area contributed by atoms with Gasteiger partial charge < -0.3 is 20.6 Å². The number of fused-ring (bicyclic) bond motifs is 1. The maximum atomic E-state index is 16.0. The van der Waals surface area contributed by atoms with Crippen LogP contribution in [-0.2, 0) is 4.79 Å². The van der Waals surface area contributed by atoms with Gasteiger partial charge in [0.25, 0.3) is 0 Å². The van der Waals surface area contributed by atoms with Crippen molar-refractivity contribution < 1.29 is 18.7 Å². The molecule has 13 heteroatoms. The minimum absolute atomic E-state index is 0.0191. The Hall–Kier alpha value is -4.94. The molecular formula is C32H32F2N8O3. The summed E-state index contributed by atoms with van der Waals surface area (Å²) in [7, 11) is 0. The van der Waals surface area contributed by atoms with Crippen LogP contribution in [0.1, 0.15) is 62.8 Å². The van der Waals surface area contributed by atoms with Gasteiger partial charge in [0.15, 0.2) is 11.5 Å². The zero-order chi connectivity index (χ0) is 31.7. The summed E-state index contributed by atoms with van der Waals surface area (Å²) in [6, 6.07) is 4.24. The zero-order valence-corrected chi connectivity index (χ0v) is 24.9. The molecule has 2 atom stereocenters. The Morgan fingerprint density at radius 2 is 1.67 bits per heavy atom. The van der Waals surface area contributed by atoms with Gasteiger partial charge in [-0.2, -0.15) is 4.98 Å². The second-order valence-electron chi connectivity index (χ2n) is 12.2. The van der Waals surface area contributed by atoms with Crippen molar-refractivity contribution in [2.45, 2.75) is 63.5 Å². The van der Waals surface area contributed by atoms with Crippen molar-refractivity contribution in [1.29, 1.82) is 0 Å². The third kappa shape index (κ3) is 4.86. The van der Waals surface area contributed by atoms with Crippen molar-refractivity contribution >= 4 is 28.7 Å². The van der Waals surface area contributed by atoms with Crippen LogP contribution in [0.5, 0.6) is 5.75 Å². The molecule has 3 fully saturated rings. The smallest absolute Gasteiger partial charge is 0.355 e. The Bertz CT molecular complexity index is 1900. The molecule has 7 rings (SSSR count). The second-order valence-corrected chi connectivity index (χ2v) is 12.2. The van der Waals surface area contributed by atoms with E-state index < -0.39 is 34.3 Å². The van der Waals surface area contributed by atoms with Gasteiger partial charge in [-0.05, 0) is 63.8 Å². The van der Waals surface area contributed by atoms with Crippen LogP contribution in [-0.4, -0.2) is 65.6 Å². The summed E-state index contributed by atoms with van der Waals surface area (Å²) in [6.07, 6.45) is 4.67. The Labute approximate surface area is 257 Å². The molecular weight excluding hydrogens is 582 g/mol. The molecule has 2 saturated carbocycles. The molecule has 0 spiro atoms. The number of phenols is 1. The predicted molar refractivity (Wildman–Crippen MR) is 164 cm³/mol. The van der Waals surface area contributed by atoms with Gasteiger partial charge in [-0.15, -0.1) is 0 Å². The minimum Gasteiger partial charge on any atom is -0.507 e. The summed E-state index contributed by atoms with van der Waals surface area (Å²) in [5.74, 6) is -2.10. The maximum absolute atomic E-state index is 16.0. The topological polar surface area (TPSA) is 143 Å². The van der Waals surface area contributed by atoms with E-state index >= 15 is 8.78 Å². The monoisotopic (exact) mass is 614 g/mol. The molecule has 4 heterocycles. The number of amides is 1. The van der Waals surface area contributed by atoms with E-state index in [1.54, 1.807) is 4.90 Å². The van der Waals surface area contributed by atoms with Crippen LogP contribution < -0.4 is 16.3 Å². The standard InChI is InChI=1S/C32H32F2N8O3/c1-4-23(44)40-13-16(3)41(14-15(40)2)29-19-12-21(34)27(24-20(33)6-5-7-22(24)43)36-30(19)42(32(45)39-29)28-25(17-8-9-17)37-31(35)38-26(28)18-10-11-18/h4-7,12,15-18,43H,1,8-11,13-14H2,2-3H3,(H2,35,37,38)/t15-,16+/m1/s1. The fraction of sp³-hybridized carbons (Fsp3) is 0.375. The van der Waals surface area contributed by atoms with Crippen molar-refractivity contribution in [3.63, 3.8) is 0 Å². The van der Waals surface area contributed by atoms with Crippen molar-refractivity contribution in [2.75, 3.05) is 23.7 Å². The first-order chi connectivity index (χ1) is 21.6. The summed E-state index contributed by atoms with van der Waals surface area (Å²) >= 11 is 0. The minimum atomic E-state index is -0.907. The quantitative estimate of drug-likeness (QED) is 0.306. The van der Waals surface area contributed by atoms with Gasteiger partial charge in [0.1, 0.15) is 23.1 Å². The molecule has 3 N–H and O–H groups in total. The number of anilines is 2. The summed E-state index contributed by atoms with van der Waals surface area (Å²) in [6.45, 7) is 7.97. The SMILES string of the molecule is C=CC(=O)N1C[C@H](C)N(c2nc(=O)n(-c3c(C4CC4)nc(N)nc3C3CC3)c3nc(-c4c(O)cccc4F)c(F)cc23)C[C@H]1C. The lowest BCUT2D eigenvalue weighted by molar-refractivity contribution is -0.128. The third-order valence-electron chi connectivity index (χ3n) is 8.85. The van der Waals surface area contributed by atoms with E-state index in [4.69, 9.17) is 5.73 Å². The molecule has 2 aliphatic carbocycles. The van der Waals surface area contributed by atoms with Gasteiger partial charge in [0.2, 0.25) is 11.9 Å². The molecule has 0 bridgehead atoms. The number of hydrogen-bond acceptors (Lipinski definition) is 9. The number of aromatic hydroxyl groups is 1. The number of carbonyl (C=O) groups is 1. The van der Waals surface area contributed by atoms with Crippen LogP contribution in [0, 0.1) is 11.6 Å². The van der Waals surface area contributed by atoms with E-state index in [1.165, 1.54) is 28.8 Å². The Morgan fingerprint density at radius 1 is 1.00 bits per heavy atom. The number of rotatable bonds is 6. The van der Waals surface area contributed by atoms with E-state index in [2.05, 4.69) is 26.5 Å². The first-order valence-electron chi connectivity index (χ1n) is 15.1. The summed E-state index contributed by atoms with van der Waals surface area (Å²) in [5.41, 5.74) is 6.20. The van der Waals surface area contributed by atoms with E-state index in [9.17, 15) is 14.7 Å². The molecule has 11 nitrogen and oxygen atoms in total. The van der Waals surface area contributed by atoms with E-state index in [0.29, 0.717) is 30.2 Å². The number of nitrogen functional groups attached to an aromatic ring is 1. The van der Waals surface area contributed by atoms with Crippen molar-refractivity contribution in [3.8, 4) is 22.7 Å². The molecule has 1 amide bonds. The number of piperazine rings is 1. The molecule has 45 heavy (non-hydrogen) atoms. The summed E-state index contributed by atoms with van der Waals surface area (Å²) in [4.78, 5) is 48.5. The Morgan fingerprint density at radius 3 is 2.27 bits per heavy atom. The second kappa shape index (κ2) is 10.6. The molecule has 0 radical (unpaired) electrons. The average molecular weight is 615 g/mol. The van der Waals surface area contributed by atoms with Crippen molar-refractivity contribution in [3.05, 3.63) is 70.4 Å². The highest BCUT2D eigenvalue weighted by atomic mass is 19.1. The summed E-state index contributed by atoms with van der Waals surface area (Å²) < 4.78 is 32.4. The van der Waals surface area contributed by atoms with Gasteiger partial charge >= 0.3 is 5.69 Å². The fourth-order valence-corrected chi connectivity index (χ4v) is 6.32. The molecule has 0 unspecified atom stereocenters. The molecule has 4 aromatic rings. The first kappa shape index (κ1) is 28.8. The van der Waals surface area contributed by atoms with Gasteiger partial charge in [0.05, 0.1) is 28.0 Å². The molecule has 3 aromatic heterocycles. The normalized spacial score (nSPS) is 20.1. The lowest BCUT2D eigenvalue weighted by atomic mass is 10.1. The number of aromatic nitrogens is 5. The number of halogens is 2. The third-order valence-corrected chi connectivity index (χ3v) is 8.85. The van der Waals surface area contributed by atoms with Crippen LogP contribution in [0.3, 0.4) is 0 Å². The van der Waals surface area contributed by atoms with Crippen LogP contribution in [0.15, 0.2) is 41.7 Å². The molecule has 1 aliphatic heterocycles. The van der Waals surface area contributed by atoms with E-state index in [1.807, 2.05) is 18.7 Å². The molecule has 1 saturated heterocycles. The highest BCUT2D eigenvalue weighted by Gasteiger charge is 2.38. The molecule has 232 valence electrons. The van der Waals surface area contributed by atoms with Crippen LogP contribution in [0.4, 0.5) is 20.5 Å². The largest absolute Gasteiger partial charge is 0.507 e. The number of benzene rings is 1. The zero-order valence-electron chi connectivity index (χ0n) is 24.9. The first-order valence-corrected chi connectivity index (χ1v) is 15.1. The maximum Gasteiger partial charge on any atom is 0.355 e. The van der Waals surface area contributed by atoms with Gasteiger partial charge in [-0.3, -0.25) is 4.79 Å². The molecule has 3 aliphatic rings. The number of nitrogens with two attached hydrogens (primary N) is 1. The average Bonchev–Trinajstić information content (AvgIpc) is 3.92. The molecule has 1 aromatic carbocycles. The van der Waals surface area contributed by atoms with Gasteiger partial charge in [0, 0.05) is 37.0 Å². The number of carbonyl (C=O) groups excluding carboxylic acids is 1. The summed E-state index contributed by atoms with van der Waals surface area (Å²) in [5, 5.41) is 10.8. The fourth-order valence-electron chi connectivity index (χ4n) is 6.32. The van der Waals surface area contributed by atoms with Crippen LogP contribution in [0.25, 0.3) is 28.0 Å². The number of nitrogens with zero attached hydrogens (tertiary/aromatic N) is 7. The highest BCUT2D eigenvalue weighted by molar-refractivity contribution is 5.91. The van der Waals surface area contributed by atoms with Crippen molar-refractivity contribution in [1.82, 2.24) is 29.4 Å². The number of hydrogen-bond donors (Lipinski definition) is 2. The Kier molecular flexibility index (Phi) is 6.79. The lowest BCUT2D eigenvalue weighted by Gasteiger charge is -2.44. The van der Waals surface area contributed by atoms with Crippen LogP contribution in [0.2, 0.25) is 0 Å². The van der Waals surface area contributed by atoms with Gasteiger partial charge in [-0.1, -0.05) is 12.6 Å². The lowest BCUT2D eigenvalue weighted by Crippen LogP contribution is -2.58. The number of pyridine rings is 1. The van der Waals surface area contributed by atoms with Gasteiger partial charge in [-0.25, -0.2) is 33.1 Å². The van der Waals surface area contributed by atoms with Crippen molar-refractivity contribution in [2.24, 2.45) is 0 Å².